The second-order valence-electron chi connectivity index (χ2n) is 4.16. The highest BCUT2D eigenvalue weighted by atomic mass is 32.1. The van der Waals surface area contributed by atoms with Gasteiger partial charge in [0.2, 0.25) is 0 Å². The maximum absolute atomic E-state index is 4.54. The van der Waals surface area contributed by atoms with Crippen LogP contribution in [0, 0.1) is 6.92 Å². The molecule has 0 saturated heterocycles. The van der Waals surface area contributed by atoms with E-state index in [-0.39, 0.29) is 0 Å². The maximum atomic E-state index is 4.54. The fourth-order valence-electron chi connectivity index (χ4n) is 1.89. The SMILES string of the molecule is Cc1nn(C)c2nc(NCCc3cn[nH]c3)sc12. The van der Waals surface area contributed by atoms with Gasteiger partial charge in [-0.05, 0) is 18.9 Å². The van der Waals surface area contributed by atoms with Crippen LogP contribution >= 0.6 is 11.3 Å². The monoisotopic (exact) mass is 262 g/mol. The number of thiazole rings is 1. The Morgan fingerprint density at radius 2 is 2.39 bits per heavy atom. The molecule has 0 aromatic carbocycles. The number of hydrogen-bond acceptors (Lipinski definition) is 5. The Balaban J connectivity index is 1.69. The lowest BCUT2D eigenvalue weighted by atomic mass is 10.3. The van der Waals surface area contributed by atoms with Gasteiger partial charge in [-0.25, -0.2) is 9.67 Å². The minimum atomic E-state index is 0.853. The lowest BCUT2D eigenvalue weighted by molar-refractivity contribution is 0.774. The van der Waals surface area contributed by atoms with Gasteiger partial charge in [0, 0.05) is 19.8 Å². The molecule has 0 saturated carbocycles. The molecule has 0 aliphatic heterocycles. The van der Waals surface area contributed by atoms with Crippen LogP contribution in [0.2, 0.25) is 0 Å². The van der Waals surface area contributed by atoms with Gasteiger partial charge in [-0.2, -0.15) is 10.2 Å². The lowest BCUT2D eigenvalue weighted by Gasteiger charge is -1.99. The predicted molar refractivity (Wildman–Crippen MR) is 71.9 cm³/mol. The number of anilines is 1. The summed E-state index contributed by atoms with van der Waals surface area (Å²) in [6.45, 7) is 2.86. The Hall–Kier alpha value is -1.89. The number of nitrogens with one attached hydrogen (secondary N) is 2. The van der Waals surface area contributed by atoms with Crippen LogP contribution in [0.5, 0.6) is 0 Å². The third-order valence-corrected chi connectivity index (χ3v) is 3.90. The summed E-state index contributed by atoms with van der Waals surface area (Å²) >= 11 is 1.65. The van der Waals surface area contributed by atoms with E-state index in [1.807, 2.05) is 31.0 Å². The van der Waals surface area contributed by atoms with Crippen LogP contribution in [0.3, 0.4) is 0 Å². The molecule has 0 unspecified atom stereocenters. The zero-order chi connectivity index (χ0) is 12.5. The Kier molecular flexibility index (Phi) is 2.75. The molecule has 3 heterocycles. The summed E-state index contributed by atoms with van der Waals surface area (Å²) in [5.41, 5.74) is 3.18. The summed E-state index contributed by atoms with van der Waals surface area (Å²) in [4.78, 5) is 4.54. The molecule has 0 aliphatic rings. The van der Waals surface area contributed by atoms with Gasteiger partial charge >= 0.3 is 0 Å². The third kappa shape index (κ3) is 1.97. The second kappa shape index (κ2) is 4.41. The van der Waals surface area contributed by atoms with Crippen molar-refractivity contribution >= 4 is 26.8 Å². The fourth-order valence-corrected chi connectivity index (χ4v) is 2.85. The van der Waals surface area contributed by atoms with E-state index in [0.29, 0.717) is 0 Å². The number of hydrogen-bond donors (Lipinski definition) is 2. The van der Waals surface area contributed by atoms with Gasteiger partial charge < -0.3 is 5.32 Å². The summed E-state index contributed by atoms with van der Waals surface area (Å²) in [6.07, 6.45) is 4.69. The van der Waals surface area contributed by atoms with E-state index in [4.69, 9.17) is 0 Å². The first-order valence-electron chi connectivity index (χ1n) is 5.75. The summed E-state index contributed by atoms with van der Waals surface area (Å²) in [5, 5.41) is 15.4. The average molecular weight is 262 g/mol. The molecule has 0 amide bonds. The number of aromatic nitrogens is 5. The topological polar surface area (TPSA) is 71.4 Å². The predicted octanol–water partition coefficient (Wildman–Crippen LogP) is 1.72. The summed E-state index contributed by atoms with van der Waals surface area (Å²) in [6, 6.07) is 0. The molecule has 0 aliphatic carbocycles. The number of fused-ring (bicyclic) bond motifs is 1. The average Bonchev–Trinajstić information content (AvgIpc) is 3.01. The van der Waals surface area contributed by atoms with Gasteiger partial charge in [-0.1, -0.05) is 11.3 Å². The first kappa shape index (κ1) is 11.2. The summed E-state index contributed by atoms with van der Waals surface area (Å²) in [7, 11) is 1.92. The molecule has 94 valence electrons. The molecular weight excluding hydrogens is 248 g/mol. The molecule has 0 fully saturated rings. The smallest absolute Gasteiger partial charge is 0.185 e. The van der Waals surface area contributed by atoms with Crippen LogP contribution in [-0.4, -0.2) is 31.5 Å². The molecule has 6 nitrogen and oxygen atoms in total. The Bertz CT molecular complexity index is 616. The van der Waals surface area contributed by atoms with Crippen LogP contribution in [0.4, 0.5) is 5.13 Å². The van der Waals surface area contributed by atoms with Crippen molar-refractivity contribution < 1.29 is 0 Å². The van der Waals surface area contributed by atoms with Crippen LogP contribution in [0.25, 0.3) is 10.3 Å². The van der Waals surface area contributed by atoms with Crippen LogP contribution in [0.1, 0.15) is 11.3 Å². The standard InChI is InChI=1S/C11H14N6S/c1-7-9-10(17(2)16-7)15-11(18-9)12-4-3-8-5-13-14-6-8/h5-6H,3-4H2,1-2H3,(H,12,15)(H,13,14). The van der Waals surface area contributed by atoms with E-state index >= 15 is 0 Å². The van der Waals surface area contributed by atoms with Crippen LogP contribution in [0.15, 0.2) is 12.4 Å². The number of H-pyrrole nitrogens is 1. The molecule has 0 radical (unpaired) electrons. The van der Waals surface area contributed by atoms with Gasteiger partial charge in [-0.15, -0.1) is 0 Å². The number of aromatic amines is 1. The minimum absolute atomic E-state index is 0.853. The van der Waals surface area contributed by atoms with Crippen molar-refractivity contribution in [2.45, 2.75) is 13.3 Å². The molecule has 0 bridgehead atoms. The number of rotatable bonds is 4. The summed E-state index contributed by atoms with van der Waals surface area (Å²) < 4.78 is 2.98. The van der Waals surface area contributed by atoms with Crippen molar-refractivity contribution in [3.63, 3.8) is 0 Å². The van der Waals surface area contributed by atoms with Gasteiger partial charge in [0.05, 0.1) is 16.6 Å². The first-order chi connectivity index (χ1) is 8.74. The molecule has 0 atom stereocenters. The van der Waals surface area contributed by atoms with E-state index in [9.17, 15) is 0 Å². The maximum Gasteiger partial charge on any atom is 0.185 e. The lowest BCUT2D eigenvalue weighted by Crippen LogP contribution is -2.04. The quantitative estimate of drug-likeness (QED) is 0.751. The van der Waals surface area contributed by atoms with Crippen molar-refractivity contribution in [1.29, 1.82) is 0 Å². The van der Waals surface area contributed by atoms with Crippen molar-refractivity contribution in [2.75, 3.05) is 11.9 Å². The zero-order valence-corrected chi connectivity index (χ0v) is 11.1. The van der Waals surface area contributed by atoms with Crippen LogP contribution < -0.4 is 5.32 Å². The van der Waals surface area contributed by atoms with Crippen molar-refractivity contribution in [1.82, 2.24) is 25.0 Å². The molecule has 0 spiro atoms. The van der Waals surface area contributed by atoms with Gasteiger partial charge in [-0.3, -0.25) is 5.10 Å². The normalized spacial score (nSPS) is 11.2. The number of aryl methyl sites for hydroxylation is 2. The van der Waals surface area contributed by atoms with E-state index in [2.05, 4.69) is 25.6 Å². The molecule has 3 aromatic rings. The summed E-state index contributed by atoms with van der Waals surface area (Å²) in [5.74, 6) is 0. The molecule has 3 rings (SSSR count). The molecule has 3 aromatic heterocycles. The second-order valence-corrected chi connectivity index (χ2v) is 5.16. The minimum Gasteiger partial charge on any atom is -0.361 e. The largest absolute Gasteiger partial charge is 0.361 e. The Morgan fingerprint density at radius 3 is 3.11 bits per heavy atom. The van der Waals surface area contributed by atoms with Crippen molar-refractivity contribution in [3.05, 3.63) is 23.7 Å². The van der Waals surface area contributed by atoms with Crippen molar-refractivity contribution in [2.24, 2.45) is 7.05 Å². The Morgan fingerprint density at radius 1 is 1.50 bits per heavy atom. The Labute approximate surface area is 108 Å². The van der Waals surface area contributed by atoms with Crippen molar-refractivity contribution in [3.8, 4) is 0 Å². The van der Waals surface area contributed by atoms with E-state index in [1.54, 1.807) is 11.3 Å². The molecule has 2 N–H and O–H groups in total. The fraction of sp³-hybridized carbons (Fsp3) is 0.364. The van der Waals surface area contributed by atoms with Gasteiger partial charge in [0.25, 0.3) is 0 Å². The molecule has 7 heteroatoms. The van der Waals surface area contributed by atoms with E-state index in [0.717, 1.165) is 34.1 Å². The molecular formula is C11H14N6S. The highest BCUT2D eigenvalue weighted by Crippen LogP contribution is 2.27. The first-order valence-corrected chi connectivity index (χ1v) is 6.57. The zero-order valence-electron chi connectivity index (χ0n) is 10.3. The van der Waals surface area contributed by atoms with Gasteiger partial charge in [0.15, 0.2) is 10.8 Å². The third-order valence-electron chi connectivity index (χ3n) is 2.79. The number of nitrogens with zero attached hydrogens (tertiary/aromatic N) is 4. The van der Waals surface area contributed by atoms with E-state index in [1.165, 1.54) is 5.56 Å². The van der Waals surface area contributed by atoms with E-state index < -0.39 is 0 Å². The highest BCUT2D eigenvalue weighted by molar-refractivity contribution is 7.22. The van der Waals surface area contributed by atoms with Crippen LogP contribution in [-0.2, 0) is 13.5 Å². The molecule has 18 heavy (non-hydrogen) atoms. The van der Waals surface area contributed by atoms with Gasteiger partial charge in [0.1, 0.15) is 0 Å². The highest BCUT2D eigenvalue weighted by Gasteiger charge is 2.11.